The largest absolute Gasteiger partial charge is 0.573 e. The highest BCUT2D eigenvalue weighted by Crippen LogP contribution is 2.27. The lowest BCUT2D eigenvalue weighted by molar-refractivity contribution is -0.274. The van der Waals surface area contributed by atoms with Crippen LogP contribution in [0.4, 0.5) is 18.9 Å². The highest BCUT2D eigenvalue weighted by molar-refractivity contribution is 5.77. The second-order valence-corrected chi connectivity index (χ2v) is 9.08. The summed E-state index contributed by atoms with van der Waals surface area (Å²) in [6.07, 6.45) is -3.19. The van der Waals surface area contributed by atoms with E-state index in [1.165, 1.54) is 22.8 Å². The van der Waals surface area contributed by atoms with E-state index in [1.807, 2.05) is 24.3 Å². The Kier molecular flexibility index (Phi) is 7.56. The van der Waals surface area contributed by atoms with Crippen molar-refractivity contribution >= 4 is 11.6 Å². The number of carbonyl (C=O) groups excluding carboxylic acids is 1. The van der Waals surface area contributed by atoms with Crippen LogP contribution in [0.2, 0.25) is 0 Å². The second kappa shape index (κ2) is 11.2. The molecule has 1 fully saturated rings. The number of aromatic nitrogens is 3. The zero-order chi connectivity index (χ0) is 28.3. The van der Waals surface area contributed by atoms with E-state index < -0.39 is 13.0 Å². The number of carbonyl (C=O) groups is 1. The molecular weight excluding hydrogens is 531 g/mol. The third kappa shape index (κ3) is 6.31. The Bertz CT molecular complexity index is 1540. The van der Waals surface area contributed by atoms with Crippen LogP contribution in [-0.4, -0.2) is 69.8 Å². The molecule has 2 aromatic heterocycles. The first-order valence-electron chi connectivity index (χ1n) is 12.3. The number of piperazine rings is 1. The molecular formula is C27H24F3N5O5. The van der Waals surface area contributed by atoms with E-state index in [9.17, 15) is 22.8 Å². The number of amides is 1. The lowest BCUT2D eigenvalue weighted by Gasteiger charge is -2.36. The van der Waals surface area contributed by atoms with Crippen molar-refractivity contribution in [1.82, 2.24) is 19.6 Å². The molecule has 0 aliphatic carbocycles. The fourth-order valence-corrected chi connectivity index (χ4v) is 4.41. The minimum absolute atomic E-state index is 0.142. The Hall–Kier alpha value is -4.65. The van der Waals surface area contributed by atoms with E-state index >= 15 is 0 Å². The van der Waals surface area contributed by atoms with Gasteiger partial charge < -0.3 is 28.7 Å². The number of nitrogens with zero attached hydrogens (tertiary/aromatic N) is 5. The van der Waals surface area contributed by atoms with Crippen LogP contribution in [-0.2, 0) is 11.3 Å². The Labute approximate surface area is 225 Å². The van der Waals surface area contributed by atoms with Gasteiger partial charge in [0, 0.05) is 49.7 Å². The van der Waals surface area contributed by atoms with Gasteiger partial charge in [0.1, 0.15) is 12.4 Å². The van der Waals surface area contributed by atoms with E-state index in [-0.39, 0.29) is 35.5 Å². The summed E-state index contributed by atoms with van der Waals surface area (Å²) in [7, 11) is 0. The average molecular weight is 556 g/mol. The number of hydrogen-bond acceptors (Lipinski definition) is 8. The van der Waals surface area contributed by atoms with Crippen molar-refractivity contribution in [2.45, 2.75) is 12.9 Å². The summed E-state index contributed by atoms with van der Waals surface area (Å²) in [4.78, 5) is 32.4. The Balaban J connectivity index is 1.29. The van der Waals surface area contributed by atoms with E-state index in [2.05, 4.69) is 19.8 Å². The van der Waals surface area contributed by atoms with Crippen LogP contribution in [0.5, 0.6) is 5.75 Å². The van der Waals surface area contributed by atoms with Crippen molar-refractivity contribution in [3.8, 4) is 28.6 Å². The van der Waals surface area contributed by atoms with Crippen LogP contribution in [0.15, 0.2) is 76.2 Å². The first-order chi connectivity index (χ1) is 19.2. The van der Waals surface area contributed by atoms with Gasteiger partial charge >= 0.3 is 6.36 Å². The maximum absolute atomic E-state index is 12.6. The minimum atomic E-state index is -4.79. The van der Waals surface area contributed by atoms with Crippen molar-refractivity contribution < 1.29 is 32.3 Å². The van der Waals surface area contributed by atoms with Crippen LogP contribution < -0.4 is 15.2 Å². The van der Waals surface area contributed by atoms with Crippen molar-refractivity contribution in [2.24, 2.45) is 0 Å². The first-order valence-corrected chi connectivity index (χ1v) is 12.3. The Morgan fingerprint density at radius 1 is 1.00 bits per heavy atom. The maximum Gasteiger partial charge on any atom is 0.573 e. The average Bonchev–Trinajstić information content (AvgIpc) is 3.44. The quantitative estimate of drug-likeness (QED) is 0.370. The topological polar surface area (TPSA) is 114 Å². The molecule has 1 N–H and O–H groups in total. The summed E-state index contributed by atoms with van der Waals surface area (Å²) < 4.78 is 47.9. The van der Waals surface area contributed by atoms with Gasteiger partial charge in [0.2, 0.25) is 11.7 Å². The van der Waals surface area contributed by atoms with Gasteiger partial charge in [-0.15, -0.1) is 13.2 Å². The van der Waals surface area contributed by atoms with E-state index in [1.54, 1.807) is 17.2 Å². The van der Waals surface area contributed by atoms with Gasteiger partial charge in [-0.1, -0.05) is 17.3 Å². The zero-order valence-electron chi connectivity index (χ0n) is 21.0. The highest BCUT2D eigenvalue weighted by Gasteiger charge is 2.31. The summed E-state index contributed by atoms with van der Waals surface area (Å²) in [5, 5.41) is 13.0. The van der Waals surface area contributed by atoms with Crippen molar-refractivity contribution in [3.63, 3.8) is 0 Å². The second-order valence-electron chi connectivity index (χ2n) is 9.08. The standard InChI is InChI=1S/C27H24F3N5O5/c28-27(29,30)39-22-7-4-19(5-8-22)25-31-26(40-32-25)20-6-9-23(37)35(16-20)15-18-2-1-3-21(14-18)33-10-12-34(13-11-33)24(38)17-36/h1-9,14,16,36H,10-13,15,17H2. The van der Waals surface area contributed by atoms with E-state index in [4.69, 9.17) is 9.63 Å². The Morgan fingerprint density at radius 2 is 1.73 bits per heavy atom. The van der Waals surface area contributed by atoms with Crippen LogP contribution in [0.25, 0.3) is 22.8 Å². The predicted octanol–water partition coefficient (Wildman–Crippen LogP) is 3.15. The molecule has 0 atom stereocenters. The zero-order valence-corrected chi connectivity index (χ0v) is 21.0. The summed E-state index contributed by atoms with van der Waals surface area (Å²) in [5.41, 5.74) is 2.54. The molecule has 10 nitrogen and oxygen atoms in total. The number of hydrogen-bond donors (Lipinski definition) is 1. The molecule has 0 saturated carbocycles. The van der Waals surface area contributed by atoms with Crippen LogP contribution in [0, 0.1) is 0 Å². The normalized spacial score (nSPS) is 13.9. The fourth-order valence-electron chi connectivity index (χ4n) is 4.41. The number of halogens is 3. The number of aliphatic hydroxyl groups excluding tert-OH is 1. The summed E-state index contributed by atoms with van der Waals surface area (Å²) in [5.74, 6) is -0.340. The molecule has 1 saturated heterocycles. The number of aliphatic hydroxyl groups is 1. The molecule has 2 aromatic carbocycles. The molecule has 1 amide bonds. The third-order valence-corrected chi connectivity index (χ3v) is 6.40. The molecule has 4 aromatic rings. The smallest absolute Gasteiger partial charge is 0.406 e. The molecule has 0 radical (unpaired) electrons. The fraction of sp³-hybridized carbons (Fsp3) is 0.259. The molecule has 40 heavy (non-hydrogen) atoms. The van der Waals surface area contributed by atoms with Gasteiger partial charge in [0.05, 0.1) is 12.1 Å². The third-order valence-electron chi connectivity index (χ3n) is 6.40. The summed E-state index contributed by atoms with van der Waals surface area (Å²) in [6, 6.07) is 15.8. The maximum atomic E-state index is 12.6. The molecule has 0 unspecified atom stereocenters. The number of alkyl halides is 3. The molecule has 3 heterocycles. The van der Waals surface area contributed by atoms with Gasteiger partial charge in [-0.05, 0) is 48.0 Å². The minimum Gasteiger partial charge on any atom is -0.406 e. The monoisotopic (exact) mass is 555 g/mol. The SMILES string of the molecule is O=C(CO)N1CCN(c2cccc(Cn3cc(-c4nc(-c5ccc(OC(F)(F)F)cc5)no4)ccc3=O)c2)CC1. The lowest BCUT2D eigenvalue weighted by atomic mass is 10.1. The van der Waals surface area contributed by atoms with Gasteiger partial charge in [-0.3, -0.25) is 9.59 Å². The van der Waals surface area contributed by atoms with Crippen molar-refractivity contribution in [2.75, 3.05) is 37.7 Å². The van der Waals surface area contributed by atoms with Crippen molar-refractivity contribution in [1.29, 1.82) is 0 Å². The molecule has 0 spiro atoms. The van der Waals surface area contributed by atoms with Gasteiger partial charge in [0.15, 0.2) is 0 Å². The van der Waals surface area contributed by atoms with Gasteiger partial charge in [0.25, 0.3) is 11.4 Å². The molecule has 0 bridgehead atoms. The molecule has 208 valence electrons. The van der Waals surface area contributed by atoms with Crippen molar-refractivity contribution in [3.05, 3.63) is 82.8 Å². The number of rotatable bonds is 7. The lowest BCUT2D eigenvalue weighted by Crippen LogP contribution is -2.49. The molecule has 13 heteroatoms. The van der Waals surface area contributed by atoms with Crippen LogP contribution in [0.1, 0.15) is 5.56 Å². The van der Waals surface area contributed by atoms with E-state index in [0.717, 1.165) is 23.4 Å². The number of pyridine rings is 1. The molecule has 1 aliphatic rings. The summed E-state index contributed by atoms with van der Waals surface area (Å²) in [6.45, 7) is 2.07. The first kappa shape index (κ1) is 26.9. The highest BCUT2D eigenvalue weighted by atomic mass is 19.4. The number of anilines is 1. The number of ether oxygens (including phenoxy) is 1. The summed E-state index contributed by atoms with van der Waals surface area (Å²) >= 11 is 0. The molecule has 5 rings (SSSR count). The molecule has 1 aliphatic heterocycles. The van der Waals surface area contributed by atoms with Crippen LogP contribution >= 0.6 is 0 Å². The van der Waals surface area contributed by atoms with Gasteiger partial charge in [-0.2, -0.15) is 4.98 Å². The van der Waals surface area contributed by atoms with Gasteiger partial charge in [-0.25, -0.2) is 0 Å². The number of benzene rings is 2. The predicted molar refractivity (Wildman–Crippen MR) is 138 cm³/mol. The van der Waals surface area contributed by atoms with E-state index in [0.29, 0.717) is 37.3 Å². The van der Waals surface area contributed by atoms with Crippen LogP contribution in [0.3, 0.4) is 0 Å². The Morgan fingerprint density at radius 3 is 2.42 bits per heavy atom.